The molecule has 0 aromatic heterocycles. The minimum absolute atomic E-state index is 0.737. The smallest absolute Gasteiger partial charge is 0.0198 e. The fourth-order valence-electron chi connectivity index (χ4n) is 3.87. The Morgan fingerprint density at radius 2 is 2.00 bits per heavy atom. The van der Waals surface area contributed by atoms with Crippen LogP contribution in [0.15, 0.2) is 0 Å². The molecule has 2 rings (SSSR count). The highest BCUT2D eigenvalue weighted by molar-refractivity contribution is 4.92. The summed E-state index contributed by atoms with van der Waals surface area (Å²) in [5.41, 5.74) is 0. The molecule has 1 heterocycles. The summed E-state index contributed by atoms with van der Waals surface area (Å²) in [6, 6.07) is 1.63. The van der Waals surface area contributed by atoms with Crippen molar-refractivity contribution in [3.8, 4) is 0 Å². The zero-order valence-corrected chi connectivity index (χ0v) is 13.5. The zero-order valence-electron chi connectivity index (χ0n) is 13.5. The lowest BCUT2D eigenvalue weighted by atomic mass is 9.77. The Labute approximate surface area is 120 Å². The number of hydrogen-bond acceptors (Lipinski definition) is 2. The van der Waals surface area contributed by atoms with E-state index in [9.17, 15) is 0 Å². The van der Waals surface area contributed by atoms with Crippen LogP contribution in [0.3, 0.4) is 0 Å². The van der Waals surface area contributed by atoms with Gasteiger partial charge in [-0.05, 0) is 50.0 Å². The Balaban J connectivity index is 1.88. The summed E-state index contributed by atoms with van der Waals surface area (Å²) in [6.45, 7) is 13.2. The lowest BCUT2D eigenvalue weighted by Gasteiger charge is -2.48. The number of nitrogens with zero attached hydrogens (tertiary/aromatic N) is 1. The van der Waals surface area contributed by atoms with Gasteiger partial charge in [0.15, 0.2) is 0 Å². The van der Waals surface area contributed by atoms with Crippen LogP contribution < -0.4 is 5.32 Å². The van der Waals surface area contributed by atoms with Gasteiger partial charge in [0.25, 0.3) is 0 Å². The van der Waals surface area contributed by atoms with E-state index in [0.29, 0.717) is 0 Å². The first kappa shape index (κ1) is 15.3. The van der Waals surface area contributed by atoms with Gasteiger partial charge in [-0.1, -0.05) is 34.1 Å². The number of likely N-dealkylation sites (tertiary alicyclic amines) is 1. The van der Waals surface area contributed by atoms with Gasteiger partial charge in [0.2, 0.25) is 0 Å². The molecule has 2 aliphatic rings. The van der Waals surface area contributed by atoms with Crippen LogP contribution in [0.2, 0.25) is 0 Å². The maximum absolute atomic E-state index is 3.82. The van der Waals surface area contributed by atoms with Crippen LogP contribution in [0.1, 0.15) is 59.8 Å². The van der Waals surface area contributed by atoms with Crippen LogP contribution in [-0.4, -0.2) is 36.6 Å². The summed E-state index contributed by atoms with van der Waals surface area (Å²) in [4.78, 5) is 2.82. The second-order valence-corrected chi connectivity index (χ2v) is 7.47. The van der Waals surface area contributed by atoms with Crippen molar-refractivity contribution in [1.29, 1.82) is 0 Å². The Bertz CT molecular complexity index is 264. The number of rotatable bonds is 6. The van der Waals surface area contributed by atoms with Gasteiger partial charge in [0.05, 0.1) is 0 Å². The number of nitrogens with one attached hydrogen (secondary N) is 1. The topological polar surface area (TPSA) is 15.3 Å². The fraction of sp³-hybridized carbons (Fsp3) is 1.00. The molecule has 4 atom stereocenters. The van der Waals surface area contributed by atoms with Gasteiger partial charge in [0.1, 0.15) is 0 Å². The minimum atomic E-state index is 0.737. The summed E-state index contributed by atoms with van der Waals surface area (Å²) in [6.07, 6.45) is 7.05. The third-order valence-corrected chi connectivity index (χ3v) is 5.12. The van der Waals surface area contributed by atoms with Crippen molar-refractivity contribution in [2.75, 3.05) is 19.6 Å². The Morgan fingerprint density at radius 1 is 1.21 bits per heavy atom. The quantitative estimate of drug-likeness (QED) is 0.791. The van der Waals surface area contributed by atoms with E-state index in [1.165, 1.54) is 51.7 Å². The first-order valence-corrected chi connectivity index (χ1v) is 8.57. The molecule has 0 aromatic rings. The molecular weight excluding hydrogens is 232 g/mol. The molecular formula is C17H34N2. The summed E-state index contributed by atoms with van der Waals surface area (Å²) in [5, 5.41) is 3.82. The fourth-order valence-corrected chi connectivity index (χ4v) is 3.87. The molecule has 4 unspecified atom stereocenters. The summed E-state index contributed by atoms with van der Waals surface area (Å²) < 4.78 is 0. The third-order valence-electron chi connectivity index (χ3n) is 5.12. The van der Waals surface area contributed by atoms with Gasteiger partial charge in [-0.3, -0.25) is 4.90 Å². The van der Waals surface area contributed by atoms with Crippen molar-refractivity contribution in [2.24, 2.45) is 17.8 Å². The van der Waals surface area contributed by atoms with Gasteiger partial charge in [-0.2, -0.15) is 0 Å². The van der Waals surface area contributed by atoms with Crippen molar-refractivity contribution >= 4 is 0 Å². The van der Waals surface area contributed by atoms with Gasteiger partial charge in [-0.15, -0.1) is 0 Å². The molecule has 1 saturated heterocycles. The molecule has 19 heavy (non-hydrogen) atoms. The van der Waals surface area contributed by atoms with Gasteiger partial charge >= 0.3 is 0 Å². The van der Waals surface area contributed by atoms with Crippen LogP contribution in [0, 0.1) is 17.8 Å². The number of piperidine rings is 1. The van der Waals surface area contributed by atoms with E-state index in [1.54, 1.807) is 0 Å². The molecule has 0 amide bonds. The van der Waals surface area contributed by atoms with Gasteiger partial charge in [-0.25, -0.2) is 0 Å². The van der Waals surface area contributed by atoms with Crippen LogP contribution in [-0.2, 0) is 0 Å². The van der Waals surface area contributed by atoms with Crippen LogP contribution in [0.25, 0.3) is 0 Å². The van der Waals surface area contributed by atoms with Crippen molar-refractivity contribution in [3.63, 3.8) is 0 Å². The molecule has 1 N–H and O–H groups in total. The molecule has 1 aliphatic heterocycles. The molecule has 0 spiro atoms. The van der Waals surface area contributed by atoms with Gasteiger partial charge in [0, 0.05) is 25.2 Å². The first-order chi connectivity index (χ1) is 9.10. The predicted octanol–water partition coefficient (Wildman–Crippen LogP) is 3.52. The second-order valence-electron chi connectivity index (χ2n) is 7.47. The molecule has 112 valence electrons. The SMILES string of the molecule is CCCC1CC(NCC(C)C)CN(C2CCC2C)C1. The monoisotopic (exact) mass is 266 g/mol. The van der Waals surface area contributed by atoms with Crippen molar-refractivity contribution in [2.45, 2.75) is 71.9 Å². The van der Waals surface area contributed by atoms with Crippen molar-refractivity contribution in [1.82, 2.24) is 10.2 Å². The Kier molecular flexibility index (Phi) is 5.70. The normalized spacial score (nSPS) is 36.5. The molecule has 2 heteroatoms. The molecule has 0 bridgehead atoms. The highest BCUT2D eigenvalue weighted by Gasteiger charge is 2.37. The van der Waals surface area contributed by atoms with E-state index >= 15 is 0 Å². The maximum atomic E-state index is 3.82. The number of hydrogen-bond donors (Lipinski definition) is 1. The van der Waals surface area contributed by atoms with E-state index in [2.05, 4.69) is 37.9 Å². The van der Waals surface area contributed by atoms with E-state index in [-0.39, 0.29) is 0 Å². The third kappa shape index (κ3) is 4.19. The Hall–Kier alpha value is -0.0800. The average molecular weight is 266 g/mol. The standard InChI is InChI=1S/C17H34N2/c1-5-6-15-9-16(18-10-13(2)3)12-19(11-15)17-8-7-14(17)4/h13-18H,5-12H2,1-4H3. The van der Waals surface area contributed by atoms with E-state index in [4.69, 9.17) is 0 Å². The lowest BCUT2D eigenvalue weighted by molar-refractivity contribution is 0.0207. The van der Waals surface area contributed by atoms with Crippen LogP contribution in [0.5, 0.6) is 0 Å². The predicted molar refractivity (Wildman–Crippen MR) is 83.4 cm³/mol. The maximum Gasteiger partial charge on any atom is 0.0198 e. The van der Waals surface area contributed by atoms with E-state index in [0.717, 1.165) is 29.8 Å². The molecule has 1 saturated carbocycles. The zero-order chi connectivity index (χ0) is 13.8. The minimum Gasteiger partial charge on any atom is -0.312 e. The van der Waals surface area contributed by atoms with E-state index < -0.39 is 0 Å². The summed E-state index contributed by atoms with van der Waals surface area (Å²) >= 11 is 0. The Morgan fingerprint density at radius 3 is 2.53 bits per heavy atom. The second kappa shape index (κ2) is 7.08. The molecule has 2 nitrogen and oxygen atoms in total. The van der Waals surface area contributed by atoms with Crippen LogP contribution in [0.4, 0.5) is 0 Å². The average Bonchev–Trinajstić information content (AvgIpc) is 2.35. The first-order valence-electron chi connectivity index (χ1n) is 8.57. The molecule has 2 fully saturated rings. The highest BCUT2D eigenvalue weighted by atomic mass is 15.2. The summed E-state index contributed by atoms with van der Waals surface area (Å²) in [5.74, 6) is 2.63. The molecule has 0 aromatic carbocycles. The largest absolute Gasteiger partial charge is 0.312 e. The molecule has 1 aliphatic carbocycles. The lowest BCUT2D eigenvalue weighted by Crippen LogP contribution is -2.56. The van der Waals surface area contributed by atoms with Crippen LogP contribution >= 0.6 is 0 Å². The van der Waals surface area contributed by atoms with Crippen molar-refractivity contribution in [3.05, 3.63) is 0 Å². The summed E-state index contributed by atoms with van der Waals surface area (Å²) in [7, 11) is 0. The van der Waals surface area contributed by atoms with E-state index in [1.807, 2.05) is 0 Å². The molecule has 0 radical (unpaired) electrons. The van der Waals surface area contributed by atoms with Gasteiger partial charge < -0.3 is 5.32 Å². The van der Waals surface area contributed by atoms with Crippen molar-refractivity contribution < 1.29 is 0 Å². The highest BCUT2D eigenvalue weighted by Crippen LogP contribution is 2.35.